The van der Waals surface area contributed by atoms with E-state index in [1.807, 2.05) is 18.2 Å². The number of anilines is 1. The molecule has 0 bridgehead atoms. The van der Waals surface area contributed by atoms with Crippen LogP contribution in [0.25, 0.3) is 17.0 Å². The van der Waals surface area contributed by atoms with Gasteiger partial charge in [0.15, 0.2) is 0 Å². The molecule has 0 radical (unpaired) electrons. The molecule has 0 atom stereocenters. The Labute approximate surface area is 214 Å². The van der Waals surface area contributed by atoms with Crippen LogP contribution < -0.4 is 5.32 Å². The number of amides is 3. The topological polar surface area (TPSA) is 82.3 Å². The lowest BCUT2D eigenvalue weighted by Gasteiger charge is -2.12. The first-order chi connectivity index (χ1) is 16.9. The Bertz CT molecular complexity index is 1520. The van der Waals surface area contributed by atoms with Gasteiger partial charge in [-0.05, 0) is 65.9 Å². The van der Waals surface area contributed by atoms with Crippen LogP contribution in [-0.2, 0) is 11.3 Å². The number of rotatable bonds is 5. The van der Waals surface area contributed by atoms with E-state index in [2.05, 4.69) is 10.3 Å². The zero-order chi connectivity index (χ0) is 24.5. The van der Waals surface area contributed by atoms with Crippen LogP contribution in [-0.4, -0.2) is 26.9 Å². The number of imide groups is 1. The predicted molar refractivity (Wildman–Crippen MR) is 141 cm³/mol. The van der Waals surface area contributed by atoms with Crippen molar-refractivity contribution in [3.63, 3.8) is 0 Å². The first-order valence-corrected chi connectivity index (χ1v) is 12.1. The molecule has 3 aromatic carbocycles. The highest BCUT2D eigenvalue weighted by atomic mass is 35.5. The van der Waals surface area contributed by atoms with Gasteiger partial charge in [0.25, 0.3) is 17.1 Å². The molecule has 0 spiro atoms. The van der Waals surface area contributed by atoms with Gasteiger partial charge in [-0.1, -0.05) is 47.5 Å². The van der Waals surface area contributed by atoms with Gasteiger partial charge in [-0.2, -0.15) is 0 Å². The number of fused-ring (bicyclic) bond motifs is 1. The number of carbonyl (C=O) groups is 3. The zero-order valence-electron chi connectivity index (χ0n) is 18.0. The minimum atomic E-state index is -0.381. The molecule has 1 saturated heterocycles. The lowest BCUT2D eigenvalue weighted by Crippen LogP contribution is -2.27. The largest absolute Gasteiger partial charge is 0.361 e. The van der Waals surface area contributed by atoms with E-state index in [0.717, 1.165) is 28.2 Å². The van der Waals surface area contributed by atoms with Crippen LogP contribution in [0.4, 0.5) is 10.5 Å². The SMILES string of the molecule is O=C(Nc1ccc2[nH]cc(C=C3SC(=O)N(Cc4ccc(Cl)c(Cl)c4)C3=O)c2c1)c1ccccc1. The zero-order valence-corrected chi connectivity index (χ0v) is 20.4. The highest BCUT2D eigenvalue weighted by molar-refractivity contribution is 8.18. The summed E-state index contributed by atoms with van der Waals surface area (Å²) in [6.45, 7) is 0.0996. The summed E-state index contributed by atoms with van der Waals surface area (Å²) in [6, 6.07) is 19.4. The third-order valence-electron chi connectivity index (χ3n) is 5.49. The molecule has 0 saturated carbocycles. The lowest BCUT2D eigenvalue weighted by molar-refractivity contribution is -0.123. The number of nitrogens with one attached hydrogen (secondary N) is 2. The second-order valence-corrected chi connectivity index (χ2v) is 9.65. The molecule has 2 N–H and O–H groups in total. The maximum atomic E-state index is 13.0. The predicted octanol–water partition coefficient (Wildman–Crippen LogP) is 6.96. The van der Waals surface area contributed by atoms with Crippen molar-refractivity contribution in [2.45, 2.75) is 6.54 Å². The van der Waals surface area contributed by atoms with E-state index in [4.69, 9.17) is 23.2 Å². The lowest BCUT2D eigenvalue weighted by atomic mass is 10.1. The van der Waals surface area contributed by atoms with Crippen molar-refractivity contribution in [2.75, 3.05) is 5.32 Å². The number of thioether (sulfide) groups is 1. The van der Waals surface area contributed by atoms with E-state index >= 15 is 0 Å². The van der Waals surface area contributed by atoms with Crippen LogP contribution >= 0.6 is 35.0 Å². The van der Waals surface area contributed by atoms with E-state index in [1.54, 1.807) is 60.8 Å². The average molecular weight is 522 g/mol. The Balaban J connectivity index is 1.38. The van der Waals surface area contributed by atoms with Crippen molar-refractivity contribution in [1.82, 2.24) is 9.88 Å². The molecule has 1 aromatic heterocycles. The summed E-state index contributed by atoms with van der Waals surface area (Å²) in [7, 11) is 0. The normalized spacial score (nSPS) is 14.8. The van der Waals surface area contributed by atoms with Crippen LogP contribution in [0.1, 0.15) is 21.5 Å². The Morgan fingerprint density at radius 3 is 2.57 bits per heavy atom. The summed E-state index contributed by atoms with van der Waals surface area (Å²) in [6.07, 6.45) is 3.45. The summed E-state index contributed by atoms with van der Waals surface area (Å²) in [4.78, 5) is 42.7. The number of hydrogen-bond acceptors (Lipinski definition) is 4. The third kappa shape index (κ3) is 4.84. The van der Waals surface area contributed by atoms with Crippen LogP contribution in [0, 0.1) is 0 Å². The van der Waals surface area contributed by atoms with Gasteiger partial charge in [0.2, 0.25) is 0 Å². The summed E-state index contributed by atoms with van der Waals surface area (Å²) >= 11 is 12.9. The fourth-order valence-corrected chi connectivity index (χ4v) is 4.88. The summed E-state index contributed by atoms with van der Waals surface area (Å²) in [5, 5.41) is 4.11. The van der Waals surface area contributed by atoms with Crippen molar-refractivity contribution >= 4 is 74.7 Å². The standard InChI is InChI=1S/C26H17Cl2N3O3S/c27-20-8-6-15(10-21(20)28)14-31-25(33)23(35-26(31)34)11-17-13-29-22-9-7-18(12-19(17)22)30-24(32)16-4-2-1-3-5-16/h1-13,29H,14H2,(H,30,32). The van der Waals surface area contributed by atoms with Gasteiger partial charge in [-0.15, -0.1) is 0 Å². The van der Waals surface area contributed by atoms with Gasteiger partial charge in [-0.25, -0.2) is 0 Å². The first-order valence-electron chi connectivity index (χ1n) is 10.6. The fraction of sp³-hybridized carbons (Fsp3) is 0.0385. The molecule has 3 amide bonds. The molecule has 1 aliphatic heterocycles. The Hall–Kier alpha value is -3.52. The van der Waals surface area contributed by atoms with Gasteiger partial charge in [0, 0.05) is 33.9 Å². The molecule has 174 valence electrons. The number of H-pyrrole nitrogens is 1. The molecule has 4 aromatic rings. The average Bonchev–Trinajstić information content (AvgIpc) is 3.37. The van der Waals surface area contributed by atoms with E-state index in [0.29, 0.717) is 31.8 Å². The molecule has 6 nitrogen and oxygen atoms in total. The van der Waals surface area contributed by atoms with E-state index in [-0.39, 0.29) is 23.6 Å². The fourth-order valence-electron chi connectivity index (χ4n) is 3.73. The van der Waals surface area contributed by atoms with Crippen molar-refractivity contribution < 1.29 is 14.4 Å². The maximum Gasteiger partial charge on any atom is 0.293 e. The molecular formula is C26H17Cl2N3O3S. The quantitative estimate of drug-likeness (QED) is 0.278. The molecule has 0 unspecified atom stereocenters. The highest BCUT2D eigenvalue weighted by Crippen LogP contribution is 2.35. The molecule has 1 fully saturated rings. The monoisotopic (exact) mass is 521 g/mol. The second kappa shape index (κ2) is 9.62. The smallest absolute Gasteiger partial charge is 0.293 e. The Kier molecular flexibility index (Phi) is 6.38. The molecular weight excluding hydrogens is 505 g/mol. The molecule has 2 heterocycles. The third-order valence-corrected chi connectivity index (χ3v) is 7.14. The maximum absolute atomic E-state index is 13.0. The molecule has 1 aliphatic rings. The van der Waals surface area contributed by atoms with Crippen LogP contribution in [0.5, 0.6) is 0 Å². The van der Waals surface area contributed by atoms with Crippen LogP contribution in [0.15, 0.2) is 77.8 Å². The van der Waals surface area contributed by atoms with Crippen molar-refractivity contribution in [3.8, 4) is 0 Å². The van der Waals surface area contributed by atoms with Crippen LogP contribution in [0.3, 0.4) is 0 Å². The summed E-state index contributed by atoms with van der Waals surface area (Å²) < 4.78 is 0. The van der Waals surface area contributed by atoms with Crippen molar-refractivity contribution in [1.29, 1.82) is 0 Å². The number of benzene rings is 3. The van der Waals surface area contributed by atoms with Gasteiger partial charge in [0.1, 0.15) is 0 Å². The Morgan fingerprint density at radius 1 is 1.00 bits per heavy atom. The number of carbonyl (C=O) groups excluding carboxylic acids is 3. The van der Waals surface area contributed by atoms with Gasteiger partial charge in [0.05, 0.1) is 21.5 Å². The number of nitrogens with zero attached hydrogens (tertiary/aromatic N) is 1. The molecule has 0 aliphatic carbocycles. The molecule has 35 heavy (non-hydrogen) atoms. The van der Waals surface area contributed by atoms with Crippen molar-refractivity contribution in [2.24, 2.45) is 0 Å². The van der Waals surface area contributed by atoms with E-state index in [9.17, 15) is 14.4 Å². The van der Waals surface area contributed by atoms with Gasteiger partial charge < -0.3 is 10.3 Å². The van der Waals surface area contributed by atoms with Crippen molar-refractivity contribution in [3.05, 3.63) is 105 Å². The second-order valence-electron chi connectivity index (χ2n) is 7.84. The van der Waals surface area contributed by atoms with Crippen LogP contribution in [0.2, 0.25) is 10.0 Å². The minimum absolute atomic E-state index is 0.0996. The highest BCUT2D eigenvalue weighted by Gasteiger charge is 2.35. The Morgan fingerprint density at radius 2 is 1.80 bits per heavy atom. The minimum Gasteiger partial charge on any atom is -0.361 e. The summed E-state index contributed by atoms with van der Waals surface area (Å²) in [5.41, 5.74) is 3.44. The molecule has 5 rings (SSSR count). The summed E-state index contributed by atoms with van der Waals surface area (Å²) in [5.74, 6) is -0.598. The molecule has 9 heteroatoms. The number of hydrogen-bond donors (Lipinski definition) is 2. The first kappa shape index (κ1) is 23.2. The number of aromatic amines is 1. The van der Waals surface area contributed by atoms with E-state index in [1.165, 1.54) is 4.90 Å². The van der Waals surface area contributed by atoms with E-state index < -0.39 is 0 Å². The number of aromatic nitrogens is 1. The van der Waals surface area contributed by atoms with Gasteiger partial charge >= 0.3 is 0 Å². The van der Waals surface area contributed by atoms with Gasteiger partial charge in [-0.3, -0.25) is 19.3 Å². The number of halogens is 2.